The van der Waals surface area contributed by atoms with Gasteiger partial charge in [0.25, 0.3) is 10.0 Å². The molecule has 1 heterocycles. The lowest BCUT2D eigenvalue weighted by Crippen LogP contribution is -2.45. The zero-order valence-electron chi connectivity index (χ0n) is 21.1. The van der Waals surface area contributed by atoms with E-state index in [2.05, 4.69) is 5.32 Å². The van der Waals surface area contributed by atoms with Gasteiger partial charge in [0.1, 0.15) is 17.9 Å². The second kappa shape index (κ2) is 9.79. The van der Waals surface area contributed by atoms with Gasteiger partial charge < -0.3 is 10.1 Å². The number of anilines is 1. The fourth-order valence-electron chi connectivity index (χ4n) is 4.51. The highest BCUT2D eigenvalue weighted by Gasteiger charge is 2.36. The van der Waals surface area contributed by atoms with Crippen molar-refractivity contribution < 1.29 is 17.9 Å². The van der Waals surface area contributed by atoms with Crippen molar-refractivity contribution in [1.29, 1.82) is 0 Å². The molecule has 6 nitrogen and oxygen atoms in total. The number of carbonyl (C=O) groups excluding carboxylic acids is 1. The van der Waals surface area contributed by atoms with E-state index in [-0.39, 0.29) is 17.5 Å². The number of rotatable bonds is 6. The van der Waals surface area contributed by atoms with Crippen LogP contribution >= 0.6 is 11.6 Å². The van der Waals surface area contributed by atoms with Crippen LogP contribution in [0.1, 0.15) is 48.6 Å². The van der Waals surface area contributed by atoms with Crippen LogP contribution in [-0.4, -0.2) is 26.5 Å². The van der Waals surface area contributed by atoms with Crippen molar-refractivity contribution in [3.8, 4) is 5.75 Å². The topological polar surface area (TPSA) is 75.7 Å². The molecule has 1 N–H and O–H groups in total. The summed E-state index contributed by atoms with van der Waals surface area (Å²) >= 11 is 6.13. The van der Waals surface area contributed by atoms with Crippen molar-refractivity contribution in [2.45, 2.75) is 57.6 Å². The molecule has 3 aromatic rings. The number of fused-ring (bicyclic) bond motifs is 1. The Balaban J connectivity index is 1.68. The molecule has 0 saturated carbocycles. The average Bonchev–Trinajstić information content (AvgIpc) is 2.78. The predicted octanol–water partition coefficient (Wildman–Crippen LogP) is 5.88. The van der Waals surface area contributed by atoms with Gasteiger partial charge >= 0.3 is 0 Å². The maximum Gasteiger partial charge on any atom is 0.264 e. The summed E-state index contributed by atoms with van der Waals surface area (Å²) in [6, 6.07) is 17.1. The van der Waals surface area contributed by atoms with Crippen LogP contribution in [0, 0.1) is 20.8 Å². The standard InChI is InChI=1S/C28H31ClN2O4S/c1-18-6-10-22(11-7-18)36(33,34)31(25-12-9-21(29)15-20(25)3)17-27(32)30-24-16-28(4,5)35-26-13-8-19(2)14-23(24)26/h6-15,24H,16-17H2,1-5H3,(H,30,32). The van der Waals surface area contributed by atoms with Crippen molar-refractivity contribution in [3.63, 3.8) is 0 Å². The normalized spacial score (nSPS) is 16.6. The van der Waals surface area contributed by atoms with E-state index in [1.165, 1.54) is 0 Å². The molecule has 1 atom stereocenters. The highest BCUT2D eigenvalue weighted by molar-refractivity contribution is 7.92. The quantitative estimate of drug-likeness (QED) is 0.435. The third kappa shape index (κ3) is 5.52. The molecule has 0 spiro atoms. The van der Waals surface area contributed by atoms with E-state index >= 15 is 0 Å². The lowest BCUT2D eigenvalue weighted by molar-refractivity contribution is -0.120. The summed E-state index contributed by atoms with van der Waals surface area (Å²) in [5.74, 6) is 0.315. The van der Waals surface area contributed by atoms with E-state index in [0.717, 1.165) is 26.7 Å². The smallest absolute Gasteiger partial charge is 0.264 e. The molecular weight excluding hydrogens is 496 g/mol. The van der Waals surface area contributed by atoms with Crippen LogP contribution in [-0.2, 0) is 14.8 Å². The SMILES string of the molecule is Cc1ccc(S(=O)(=O)N(CC(=O)NC2CC(C)(C)Oc3ccc(C)cc32)c2ccc(Cl)cc2C)cc1. The van der Waals surface area contributed by atoms with Gasteiger partial charge in [-0.1, -0.05) is 47.0 Å². The van der Waals surface area contributed by atoms with E-state index in [9.17, 15) is 13.2 Å². The number of benzene rings is 3. The molecular formula is C28H31ClN2O4S. The monoisotopic (exact) mass is 526 g/mol. The Morgan fingerprint density at radius 3 is 2.36 bits per heavy atom. The molecule has 1 unspecified atom stereocenters. The zero-order valence-corrected chi connectivity index (χ0v) is 22.7. The minimum absolute atomic E-state index is 0.114. The van der Waals surface area contributed by atoms with Crippen molar-refractivity contribution >= 4 is 33.2 Å². The molecule has 4 rings (SSSR count). The van der Waals surface area contributed by atoms with Gasteiger partial charge in [-0.05, 0) is 76.6 Å². The summed E-state index contributed by atoms with van der Waals surface area (Å²) in [5, 5.41) is 3.56. The first-order chi connectivity index (χ1) is 16.9. The van der Waals surface area contributed by atoms with Crippen LogP contribution in [0.5, 0.6) is 5.75 Å². The number of nitrogens with one attached hydrogen (secondary N) is 1. The van der Waals surface area contributed by atoms with E-state index in [0.29, 0.717) is 22.7 Å². The third-order valence-corrected chi connectivity index (χ3v) is 8.29. The Morgan fingerprint density at radius 1 is 1.03 bits per heavy atom. The van der Waals surface area contributed by atoms with Crippen LogP contribution in [0.4, 0.5) is 5.69 Å². The van der Waals surface area contributed by atoms with Gasteiger partial charge in [0.05, 0.1) is 16.6 Å². The second-order valence-electron chi connectivity index (χ2n) is 9.98. The van der Waals surface area contributed by atoms with Crippen LogP contribution < -0.4 is 14.4 Å². The Kier molecular flexibility index (Phi) is 7.08. The minimum atomic E-state index is -4.03. The fraction of sp³-hybridized carbons (Fsp3) is 0.321. The van der Waals surface area contributed by atoms with Crippen molar-refractivity contribution in [3.05, 3.63) is 87.9 Å². The Hall–Kier alpha value is -3.03. The van der Waals surface area contributed by atoms with Gasteiger partial charge in [-0.3, -0.25) is 9.10 Å². The molecule has 1 amide bonds. The van der Waals surface area contributed by atoms with Gasteiger partial charge in [-0.15, -0.1) is 0 Å². The molecule has 0 fully saturated rings. The number of aryl methyl sites for hydroxylation is 3. The molecule has 0 aliphatic carbocycles. The van der Waals surface area contributed by atoms with Crippen LogP contribution in [0.25, 0.3) is 0 Å². The number of sulfonamides is 1. The number of hydrogen-bond acceptors (Lipinski definition) is 4. The Labute approximate surface area is 218 Å². The summed E-state index contributed by atoms with van der Waals surface area (Å²) < 4.78 is 34.8. The first-order valence-corrected chi connectivity index (χ1v) is 13.6. The molecule has 190 valence electrons. The van der Waals surface area contributed by atoms with Crippen LogP contribution in [0.2, 0.25) is 5.02 Å². The number of halogens is 1. The predicted molar refractivity (Wildman–Crippen MR) is 143 cm³/mol. The number of amides is 1. The first kappa shape index (κ1) is 26.0. The summed E-state index contributed by atoms with van der Waals surface area (Å²) in [4.78, 5) is 13.5. The Morgan fingerprint density at radius 2 is 1.69 bits per heavy atom. The van der Waals surface area contributed by atoms with Gasteiger partial charge in [0.2, 0.25) is 5.91 Å². The molecule has 0 bridgehead atoms. The maximum absolute atomic E-state index is 13.7. The molecule has 8 heteroatoms. The van der Waals surface area contributed by atoms with Crippen molar-refractivity contribution in [2.75, 3.05) is 10.8 Å². The van der Waals surface area contributed by atoms with Gasteiger partial charge in [-0.25, -0.2) is 8.42 Å². The molecule has 0 radical (unpaired) electrons. The molecule has 0 aromatic heterocycles. The average molecular weight is 527 g/mol. The number of nitrogens with zero attached hydrogens (tertiary/aromatic N) is 1. The molecule has 1 aliphatic rings. The van der Waals surface area contributed by atoms with Gasteiger partial charge in [0.15, 0.2) is 0 Å². The van der Waals surface area contributed by atoms with Crippen LogP contribution in [0.3, 0.4) is 0 Å². The van der Waals surface area contributed by atoms with Crippen LogP contribution in [0.15, 0.2) is 65.6 Å². The van der Waals surface area contributed by atoms with Gasteiger partial charge in [0, 0.05) is 17.0 Å². The highest BCUT2D eigenvalue weighted by Crippen LogP contribution is 2.40. The lowest BCUT2D eigenvalue weighted by Gasteiger charge is -2.38. The van der Waals surface area contributed by atoms with E-state index in [4.69, 9.17) is 16.3 Å². The van der Waals surface area contributed by atoms with E-state index in [1.54, 1.807) is 49.4 Å². The van der Waals surface area contributed by atoms with Gasteiger partial charge in [-0.2, -0.15) is 0 Å². The second-order valence-corrected chi connectivity index (χ2v) is 12.3. The maximum atomic E-state index is 13.7. The van der Waals surface area contributed by atoms with Crippen molar-refractivity contribution in [1.82, 2.24) is 5.32 Å². The molecule has 1 aliphatic heterocycles. The zero-order chi connectivity index (χ0) is 26.3. The summed E-state index contributed by atoms with van der Waals surface area (Å²) in [7, 11) is -4.03. The number of ether oxygens (including phenoxy) is 1. The summed E-state index contributed by atoms with van der Waals surface area (Å²) in [6.45, 7) is 9.22. The fourth-order valence-corrected chi connectivity index (χ4v) is 6.22. The number of hydrogen-bond donors (Lipinski definition) is 1. The number of carbonyl (C=O) groups is 1. The summed E-state index contributed by atoms with van der Waals surface area (Å²) in [5.41, 5.74) is 3.45. The molecule has 3 aromatic carbocycles. The van der Waals surface area contributed by atoms with Crippen molar-refractivity contribution in [2.24, 2.45) is 0 Å². The molecule has 0 saturated heterocycles. The largest absolute Gasteiger partial charge is 0.487 e. The third-order valence-electron chi connectivity index (χ3n) is 6.28. The minimum Gasteiger partial charge on any atom is -0.487 e. The Bertz CT molecular complexity index is 1400. The van der Waals surface area contributed by atoms with E-state index in [1.807, 2.05) is 45.9 Å². The van der Waals surface area contributed by atoms with E-state index < -0.39 is 21.5 Å². The summed E-state index contributed by atoms with van der Waals surface area (Å²) in [6.07, 6.45) is 0.555. The lowest BCUT2D eigenvalue weighted by atomic mass is 9.89. The highest BCUT2D eigenvalue weighted by atomic mass is 35.5. The molecule has 36 heavy (non-hydrogen) atoms. The first-order valence-electron chi connectivity index (χ1n) is 11.8.